The van der Waals surface area contributed by atoms with E-state index in [0.717, 1.165) is 25.7 Å². The van der Waals surface area contributed by atoms with Gasteiger partial charge in [-0.3, -0.25) is 4.99 Å². The maximum atomic E-state index is 10.2. The van der Waals surface area contributed by atoms with Crippen molar-refractivity contribution >= 4 is 6.21 Å². The zero-order chi connectivity index (χ0) is 13.2. The normalized spacial score (nSPS) is 29.1. The SMILES string of the molecule is CC(C)(C)N(O)C1CCC(C2=CNCN=C2)CC1. The van der Waals surface area contributed by atoms with Crippen LogP contribution in [0.2, 0.25) is 0 Å². The summed E-state index contributed by atoms with van der Waals surface area (Å²) >= 11 is 0. The third-order valence-electron chi connectivity index (χ3n) is 3.89. The average molecular weight is 251 g/mol. The van der Waals surface area contributed by atoms with Gasteiger partial charge in [0.25, 0.3) is 0 Å². The van der Waals surface area contributed by atoms with Crippen LogP contribution < -0.4 is 5.32 Å². The van der Waals surface area contributed by atoms with E-state index in [2.05, 4.69) is 37.3 Å². The Morgan fingerprint density at radius 1 is 1.28 bits per heavy atom. The zero-order valence-corrected chi connectivity index (χ0v) is 11.7. The molecule has 2 aliphatic rings. The quantitative estimate of drug-likeness (QED) is 0.741. The van der Waals surface area contributed by atoms with Crippen molar-refractivity contribution in [2.45, 2.75) is 58.0 Å². The minimum Gasteiger partial charge on any atom is -0.372 e. The van der Waals surface area contributed by atoms with Crippen molar-refractivity contribution in [3.05, 3.63) is 11.8 Å². The van der Waals surface area contributed by atoms with Crippen molar-refractivity contribution in [3.63, 3.8) is 0 Å². The molecule has 1 saturated carbocycles. The van der Waals surface area contributed by atoms with Crippen molar-refractivity contribution in [2.24, 2.45) is 10.9 Å². The van der Waals surface area contributed by atoms with Crippen LogP contribution in [0.5, 0.6) is 0 Å². The van der Waals surface area contributed by atoms with E-state index in [4.69, 9.17) is 0 Å². The molecule has 1 aliphatic heterocycles. The van der Waals surface area contributed by atoms with E-state index < -0.39 is 0 Å². The monoisotopic (exact) mass is 251 g/mol. The highest BCUT2D eigenvalue weighted by molar-refractivity contribution is 5.79. The number of nitrogens with one attached hydrogen (secondary N) is 1. The predicted octanol–water partition coefficient (Wildman–Crippen LogP) is 2.55. The lowest BCUT2D eigenvalue weighted by molar-refractivity contribution is -0.194. The second-order valence-electron chi connectivity index (χ2n) is 6.34. The lowest BCUT2D eigenvalue weighted by Crippen LogP contribution is -2.47. The summed E-state index contributed by atoms with van der Waals surface area (Å²) in [6.07, 6.45) is 8.49. The highest BCUT2D eigenvalue weighted by Gasteiger charge is 2.32. The molecule has 0 saturated heterocycles. The molecule has 0 unspecified atom stereocenters. The molecular formula is C14H25N3O. The van der Waals surface area contributed by atoms with E-state index in [1.807, 2.05) is 6.21 Å². The number of hydrogen-bond donors (Lipinski definition) is 2. The Bertz CT molecular complexity index is 335. The molecule has 2 rings (SSSR count). The van der Waals surface area contributed by atoms with Crippen LogP contribution in [-0.4, -0.2) is 34.7 Å². The van der Waals surface area contributed by atoms with Crippen molar-refractivity contribution in [2.75, 3.05) is 6.67 Å². The summed E-state index contributed by atoms with van der Waals surface area (Å²) in [6, 6.07) is 0.301. The molecule has 0 spiro atoms. The summed E-state index contributed by atoms with van der Waals surface area (Å²) < 4.78 is 0. The molecule has 0 bridgehead atoms. The number of hydroxylamine groups is 2. The summed E-state index contributed by atoms with van der Waals surface area (Å²) in [5.41, 5.74) is 1.16. The molecule has 1 heterocycles. The zero-order valence-electron chi connectivity index (χ0n) is 11.7. The Balaban J connectivity index is 1.88. The average Bonchev–Trinajstić information content (AvgIpc) is 2.38. The minimum atomic E-state index is -0.162. The van der Waals surface area contributed by atoms with E-state index >= 15 is 0 Å². The van der Waals surface area contributed by atoms with Crippen LogP contribution in [0.15, 0.2) is 16.8 Å². The van der Waals surface area contributed by atoms with E-state index in [1.165, 1.54) is 5.57 Å². The molecule has 0 aromatic carbocycles. The Kier molecular flexibility index (Phi) is 4.07. The van der Waals surface area contributed by atoms with Crippen LogP contribution >= 0.6 is 0 Å². The van der Waals surface area contributed by atoms with Gasteiger partial charge in [-0.1, -0.05) is 0 Å². The molecule has 0 radical (unpaired) electrons. The van der Waals surface area contributed by atoms with Crippen LogP contribution in [0.1, 0.15) is 46.5 Å². The number of allylic oxidation sites excluding steroid dienone is 1. The first-order valence-corrected chi connectivity index (χ1v) is 6.90. The van der Waals surface area contributed by atoms with Gasteiger partial charge in [0.2, 0.25) is 0 Å². The topological polar surface area (TPSA) is 47.9 Å². The maximum Gasteiger partial charge on any atom is 0.107 e. The first-order chi connectivity index (χ1) is 8.48. The first kappa shape index (κ1) is 13.6. The molecule has 102 valence electrons. The van der Waals surface area contributed by atoms with Gasteiger partial charge in [-0.05, 0) is 57.9 Å². The fourth-order valence-electron chi connectivity index (χ4n) is 2.83. The highest BCUT2D eigenvalue weighted by Crippen LogP contribution is 2.33. The first-order valence-electron chi connectivity index (χ1n) is 6.90. The number of aliphatic imine (C=N–C) groups is 1. The summed E-state index contributed by atoms with van der Waals surface area (Å²) in [5, 5.41) is 14.9. The van der Waals surface area contributed by atoms with Crippen LogP contribution in [0.25, 0.3) is 0 Å². The summed E-state index contributed by atoms with van der Waals surface area (Å²) in [4.78, 5) is 4.26. The number of nitrogens with zero attached hydrogens (tertiary/aromatic N) is 2. The van der Waals surface area contributed by atoms with Gasteiger partial charge < -0.3 is 10.5 Å². The van der Waals surface area contributed by atoms with Crippen molar-refractivity contribution in [3.8, 4) is 0 Å². The Morgan fingerprint density at radius 3 is 2.44 bits per heavy atom. The highest BCUT2D eigenvalue weighted by atomic mass is 16.5. The van der Waals surface area contributed by atoms with Gasteiger partial charge in [-0.2, -0.15) is 5.06 Å². The third-order valence-corrected chi connectivity index (χ3v) is 3.89. The molecule has 1 aliphatic carbocycles. The van der Waals surface area contributed by atoms with Crippen LogP contribution in [0.3, 0.4) is 0 Å². The molecule has 0 aromatic rings. The van der Waals surface area contributed by atoms with Gasteiger partial charge in [-0.15, -0.1) is 0 Å². The second kappa shape index (κ2) is 5.41. The number of hydrogen-bond acceptors (Lipinski definition) is 4. The molecule has 0 aromatic heterocycles. The van der Waals surface area contributed by atoms with E-state index in [1.54, 1.807) is 5.06 Å². The molecular weight excluding hydrogens is 226 g/mol. The van der Waals surface area contributed by atoms with E-state index in [0.29, 0.717) is 18.6 Å². The third kappa shape index (κ3) is 3.12. The van der Waals surface area contributed by atoms with E-state index in [9.17, 15) is 5.21 Å². The van der Waals surface area contributed by atoms with Crippen molar-refractivity contribution < 1.29 is 5.21 Å². The van der Waals surface area contributed by atoms with Crippen molar-refractivity contribution in [1.29, 1.82) is 0 Å². The van der Waals surface area contributed by atoms with Crippen molar-refractivity contribution in [1.82, 2.24) is 10.4 Å². The second-order valence-corrected chi connectivity index (χ2v) is 6.34. The standard InChI is InChI=1S/C14H25N3O/c1-14(2,3)17(18)13-6-4-11(5-7-13)12-8-15-10-16-9-12/h8-9,11,13,15,18H,4-7,10H2,1-3H3. The molecule has 4 nitrogen and oxygen atoms in total. The molecule has 1 fully saturated rings. The van der Waals surface area contributed by atoms with Crippen LogP contribution in [0, 0.1) is 5.92 Å². The van der Waals surface area contributed by atoms with Gasteiger partial charge in [0.15, 0.2) is 0 Å². The Morgan fingerprint density at radius 2 is 1.94 bits per heavy atom. The summed E-state index contributed by atoms with van der Waals surface area (Å²) in [7, 11) is 0. The fraction of sp³-hybridized carbons (Fsp3) is 0.786. The summed E-state index contributed by atoms with van der Waals surface area (Å²) in [6.45, 7) is 6.87. The van der Waals surface area contributed by atoms with Crippen LogP contribution in [-0.2, 0) is 0 Å². The molecule has 2 N–H and O–H groups in total. The van der Waals surface area contributed by atoms with Gasteiger partial charge in [0, 0.05) is 24.0 Å². The lowest BCUT2D eigenvalue weighted by Gasteiger charge is -2.40. The minimum absolute atomic E-state index is 0.162. The van der Waals surface area contributed by atoms with Crippen LogP contribution in [0.4, 0.5) is 0 Å². The molecule has 4 heteroatoms. The molecule has 0 atom stereocenters. The maximum absolute atomic E-state index is 10.2. The largest absolute Gasteiger partial charge is 0.372 e. The molecule has 0 amide bonds. The lowest BCUT2D eigenvalue weighted by atomic mass is 9.81. The Labute approximate surface area is 110 Å². The summed E-state index contributed by atoms with van der Waals surface area (Å²) in [5.74, 6) is 0.603. The predicted molar refractivity (Wildman–Crippen MR) is 73.7 cm³/mol. The van der Waals surface area contributed by atoms with Gasteiger partial charge in [0.1, 0.15) is 6.67 Å². The Hall–Kier alpha value is -0.870. The molecule has 18 heavy (non-hydrogen) atoms. The number of rotatable bonds is 2. The van der Waals surface area contributed by atoms with Gasteiger partial charge in [0.05, 0.1) is 0 Å². The van der Waals surface area contributed by atoms with E-state index in [-0.39, 0.29) is 5.54 Å². The smallest absolute Gasteiger partial charge is 0.107 e. The van der Waals surface area contributed by atoms with Gasteiger partial charge in [-0.25, -0.2) is 0 Å². The fourth-order valence-corrected chi connectivity index (χ4v) is 2.83. The van der Waals surface area contributed by atoms with Gasteiger partial charge >= 0.3 is 0 Å².